The Morgan fingerprint density at radius 3 is 2.20 bits per heavy atom. The number of anilines is 1. The van der Waals surface area contributed by atoms with Crippen LogP contribution >= 0.6 is 0 Å². The molecule has 0 atom stereocenters. The Morgan fingerprint density at radius 1 is 0.867 bits per heavy atom. The number of pyridine rings is 2. The molecule has 0 unspecified atom stereocenters. The van der Waals surface area contributed by atoms with Gasteiger partial charge in [-0.05, 0) is 55.8 Å². The second-order valence-electron chi connectivity index (χ2n) is 7.57. The van der Waals surface area contributed by atoms with Gasteiger partial charge >= 0.3 is 6.09 Å². The van der Waals surface area contributed by atoms with Crippen molar-refractivity contribution >= 4 is 11.9 Å². The number of piperazine rings is 1. The number of benzene rings is 1. The molecule has 3 aromatic rings. The van der Waals surface area contributed by atoms with Crippen LogP contribution in [0.4, 0.5) is 10.6 Å². The molecule has 2 aromatic heterocycles. The maximum absolute atomic E-state index is 12.5. The lowest BCUT2D eigenvalue weighted by Gasteiger charge is -2.34. The number of carbonyl (C=O) groups is 1. The van der Waals surface area contributed by atoms with Gasteiger partial charge in [0, 0.05) is 49.7 Å². The summed E-state index contributed by atoms with van der Waals surface area (Å²) in [6, 6.07) is 19.7. The standard InChI is InChI=1S/C24H26N4O2/c1-18-5-3-7-21(25-18)17-20-9-11-22(12-10-20)30-24(29)28-15-13-27(14-16-28)23-8-4-6-19(2)26-23/h3-12H,13-17H2,1-2H3. The Bertz CT molecular complexity index is 1010. The van der Waals surface area contributed by atoms with Gasteiger partial charge in [0.1, 0.15) is 11.6 Å². The molecule has 1 amide bonds. The lowest BCUT2D eigenvalue weighted by Crippen LogP contribution is -2.49. The molecule has 4 rings (SSSR count). The van der Waals surface area contributed by atoms with Gasteiger partial charge in [0.25, 0.3) is 0 Å². The smallest absolute Gasteiger partial charge is 0.410 e. The fourth-order valence-corrected chi connectivity index (χ4v) is 3.57. The van der Waals surface area contributed by atoms with Crippen molar-refractivity contribution in [2.45, 2.75) is 20.3 Å². The van der Waals surface area contributed by atoms with Gasteiger partial charge in [0.05, 0.1) is 0 Å². The molecule has 0 N–H and O–H groups in total. The molecule has 6 heteroatoms. The van der Waals surface area contributed by atoms with Crippen LogP contribution in [0.2, 0.25) is 0 Å². The second kappa shape index (κ2) is 8.95. The summed E-state index contributed by atoms with van der Waals surface area (Å²) in [6.45, 7) is 6.70. The Kier molecular flexibility index (Phi) is 5.93. The Hall–Kier alpha value is -3.41. The summed E-state index contributed by atoms with van der Waals surface area (Å²) in [5, 5.41) is 0. The van der Waals surface area contributed by atoms with Crippen molar-refractivity contribution < 1.29 is 9.53 Å². The van der Waals surface area contributed by atoms with E-state index in [2.05, 4.69) is 14.9 Å². The average molecular weight is 402 g/mol. The number of hydrogen-bond acceptors (Lipinski definition) is 5. The van der Waals surface area contributed by atoms with E-state index in [0.29, 0.717) is 18.8 Å². The van der Waals surface area contributed by atoms with Crippen LogP contribution < -0.4 is 9.64 Å². The summed E-state index contributed by atoms with van der Waals surface area (Å²) in [6.07, 6.45) is 0.449. The summed E-state index contributed by atoms with van der Waals surface area (Å²) in [5.41, 5.74) is 4.17. The average Bonchev–Trinajstić information content (AvgIpc) is 2.75. The fraction of sp³-hybridized carbons (Fsp3) is 0.292. The number of amides is 1. The van der Waals surface area contributed by atoms with Crippen LogP contribution in [0.15, 0.2) is 60.7 Å². The van der Waals surface area contributed by atoms with E-state index in [4.69, 9.17) is 4.74 Å². The highest BCUT2D eigenvalue weighted by Crippen LogP contribution is 2.18. The summed E-state index contributed by atoms with van der Waals surface area (Å²) < 4.78 is 5.58. The quantitative estimate of drug-likeness (QED) is 0.660. The van der Waals surface area contributed by atoms with Crippen LogP contribution in [-0.2, 0) is 6.42 Å². The molecular weight excluding hydrogens is 376 g/mol. The first-order valence-electron chi connectivity index (χ1n) is 10.2. The van der Waals surface area contributed by atoms with Crippen LogP contribution in [0, 0.1) is 13.8 Å². The van der Waals surface area contributed by atoms with Crippen LogP contribution in [0.3, 0.4) is 0 Å². The number of aryl methyl sites for hydroxylation is 2. The molecule has 0 spiro atoms. The maximum Gasteiger partial charge on any atom is 0.415 e. The zero-order valence-corrected chi connectivity index (χ0v) is 17.4. The number of rotatable bonds is 4. The monoisotopic (exact) mass is 402 g/mol. The van der Waals surface area contributed by atoms with E-state index >= 15 is 0 Å². The van der Waals surface area contributed by atoms with Crippen molar-refractivity contribution in [1.29, 1.82) is 0 Å². The van der Waals surface area contributed by atoms with E-state index in [0.717, 1.165) is 48.0 Å². The minimum atomic E-state index is -0.306. The predicted octanol–water partition coefficient (Wildman–Crippen LogP) is 4.01. The van der Waals surface area contributed by atoms with Gasteiger partial charge in [-0.15, -0.1) is 0 Å². The first-order chi connectivity index (χ1) is 14.6. The summed E-state index contributed by atoms with van der Waals surface area (Å²) in [5.74, 6) is 1.52. The molecule has 1 aliphatic rings. The molecule has 30 heavy (non-hydrogen) atoms. The van der Waals surface area contributed by atoms with Gasteiger partial charge in [-0.1, -0.05) is 24.3 Å². The second-order valence-corrected chi connectivity index (χ2v) is 7.57. The molecule has 1 aliphatic heterocycles. The predicted molar refractivity (Wildman–Crippen MR) is 117 cm³/mol. The van der Waals surface area contributed by atoms with Crippen LogP contribution in [0.1, 0.15) is 22.6 Å². The van der Waals surface area contributed by atoms with Crippen molar-refractivity contribution in [1.82, 2.24) is 14.9 Å². The van der Waals surface area contributed by atoms with Gasteiger partial charge in [-0.3, -0.25) is 4.98 Å². The third-order valence-electron chi connectivity index (χ3n) is 5.20. The summed E-state index contributed by atoms with van der Waals surface area (Å²) in [7, 11) is 0. The molecular formula is C24H26N4O2. The molecule has 0 radical (unpaired) electrons. The van der Waals surface area contributed by atoms with Gasteiger partial charge in [0.15, 0.2) is 0 Å². The van der Waals surface area contributed by atoms with Crippen LogP contribution in [0.25, 0.3) is 0 Å². The van der Waals surface area contributed by atoms with Crippen LogP contribution in [-0.4, -0.2) is 47.1 Å². The minimum Gasteiger partial charge on any atom is -0.410 e. The Balaban J connectivity index is 1.30. The number of hydrogen-bond donors (Lipinski definition) is 0. The van der Waals surface area contributed by atoms with Crippen molar-refractivity contribution in [3.05, 3.63) is 83.3 Å². The molecule has 6 nitrogen and oxygen atoms in total. The fourth-order valence-electron chi connectivity index (χ4n) is 3.57. The van der Waals surface area contributed by atoms with Gasteiger partial charge in [-0.2, -0.15) is 0 Å². The van der Waals surface area contributed by atoms with Crippen molar-refractivity contribution in [2.24, 2.45) is 0 Å². The van der Waals surface area contributed by atoms with E-state index in [-0.39, 0.29) is 6.09 Å². The molecule has 0 bridgehead atoms. The normalized spacial score (nSPS) is 13.9. The van der Waals surface area contributed by atoms with Crippen LogP contribution in [0.5, 0.6) is 5.75 Å². The molecule has 3 heterocycles. The van der Waals surface area contributed by atoms with Gasteiger partial charge in [-0.25, -0.2) is 9.78 Å². The Labute approximate surface area is 177 Å². The van der Waals surface area contributed by atoms with E-state index in [1.165, 1.54) is 0 Å². The zero-order chi connectivity index (χ0) is 20.9. The van der Waals surface area contributed by atoms with Crippen molar-refractivity contribution in [3.8, 4) is 5.75 Å². The van der Waals surface area contributed by atoms with Gasteiger partial charge in [0.2, 0.25) is 0 Å². The topological polar surface area (TPSA) is 58.6 Å². The molecule has 0 saturated carbocycles. The first-order valence-corrected chi connectivity index (χ1v) is 10.2. The maximum atomic E-state index is 12.5. The molecule has 0 aliphatic carbocycles. The lowest BCUT2D eigenvalue weighted by atomic mass is 10.1. The largest absolute Gasteiger partial charge is 0.415 e. The molecule has 1 aromatic carbocycles. The van der Waals surface area contributed by atoms with Crippen molar-refractivity contribution in [3.63, 3.8) is 0 Å². The SMILES string of the molecule is Cc1cccc(Cc2ccc(OC(=O)N3CCN(c4cccc(C)n4)CC3)cc2)n1. The minimum absolute atomic E-state index is 0.306. The number of carbonyl (C=O) groups excluding carboxylic acids is 1. The third-order valence-corrected chi connectivity index (χ3v) is 5.20. The highest BCUT2D eigenvalue weighted by Gasteiger charge is 2.23. The van der Waals surface area contributed by atoms with E-state index < -0.39 is 0 Å². The number of ether oxygens (including phenoxy) is 1. The summed E-state index contributed by atoms with van der Waals surface area (Å²) in [4.78, 5) is 25.6. The van der Waals surface area contributed by atoms with E-state index in [9.17, 15) is 4.79 Å². The van der Waals surface area contributed by atoms with Crippen molar-refractivity contribution in [2.75, 3.05) is 31.1 Å². The molecule has 154 valence electrons. The van der Waals surface area contributed by atoms with Gasteiger partial charge < -0.3 is 14.5 Å². The first kappa shape index (κ1) is 19.9. The Morgan fingerprint density at radius 2 is 1.53 bits per heavy atom. The number of aromatic nitrogens is 2. The highest BCUT2D eigenvalue weighted by atomic mass is 16.6. The highest BCUT2D eigenvalue weighted by molar-refractivity contribution is 5.71. The molecule has 1 fully saturated rings. The van der Waals surface area contributed by atoms with E-state index in [1.807, 2.05) is 74.5 Å². The summed E-state index contributed by atoms with van der Waals surface area (Å²) >= 11 is 0. The third kappa shape index (κ3) is 4.95. The lowest BCUT2D eigenvalue weighted by molar-refractivity contribution is 0.149. The zero-order valence-electron chi connectivity index (χ0n) is 17.4. The van der Waals surface area contributed by atoms with E-state index in [1.54, 1.807) is 4.90 Å². The molecule has 1 saturated heterocycles. The number of nitrogens with zero attached hydrogens (tertiary/aromatic N) is 4.